The summed E-state index contributed by atoms with van der Waals surface area (Å²) in [5.41, 5.74) is 2.61. The monoisotopic (exact) mass is 336 g/mol. The molecule has 2 N–H and O–H groups in total. The normalized spacial score (nSPS) is 17.1. The van der Waals surface area contributed by atoms with Crippen LogP contribution >= 0.6 is 11.8 Å². The van der Waals surface area contributed by atoms with Crippen LogP contribution in [0.4, 0.5) is 4.79 Å². The lowest BCUT2D eigenvalue weighted by molar-refractivity contribution is 0.0799. The van der Waals surface area contributed by atoms with Crippen molar-refractivity contribution >= 4 is 17.8 Å². The summed E-state index contributed by atoms with van der Waals surface area (Å²) in [6.07, 6.45) is 1.53. The van der Waals surface area contributed by atoms with Crippen molar-refractivity contribution in [2.45, 2.75) is 38.5 Å². The lowest BCUT2D eigenvalue weighted by Crippen LogP contribution is -2.46. The van der Waals surface area contributed by atoms with Crippen molar-refractivity contribution in [1.29, 1.82) is 0 Å². The minimum atomic E-state index is -0.265. The van der Waals surface area contributed by atoms with Crippen LogP contribution in [0.1, 0.15) is 30.9 Å². The van der Waals surface area contributed by atoms with Gasteiger partial charge in [-0.25, -0.2) is 4.79 Å². The van der Waals surface area contributed by atoms with Gasteiger partial charge in [0.15, 0.2) is 0 Å². The number of aliphatic hydroxyl groups is 1. The Morgan fingerprint density at radius 1 is 1.35 bits per heavy atom. The summed E-state index contributed by atoms with van der Waals surface area (Å²) in [4.78, 5) is 14.0. The zero-order valence-corrected chi connectivity index (χ0v) is 14.9. The zero-order valence-electron chi connectivity index (χ0n) is 14.1. The molecule has 1 atom stereocenters. The van der Waals surface area contributed by atoms with Crippen LogP contribution in [-0.4, -0.2) is 47.5 Å². The van der Waals surface area contributed by atoms with Crippen molar-refractivity contribution in [2.75, 3.05) is 25.4 Å². The molecule has 1 fully saturated rings. The molecule has 0 spiro atoms. The Hall–Kier alpha value is -1.20. The number of carbonyl (C=O) groups excluding carboxylic acids is 1. The molecule has 2 rings (SSSR count). The first-order valence-corrected chi connectivity index (χ1v) is 9.56. The van der Waals surface area contributed by atoms with Crippen LogP contribution < -0.4 is 5.32 Å². The quantitative estimate of drug-likeness (QED) is 0.785. The van der Waals surface area contributed by atoms with Gasteiger partial charge in [0, 0.05) is 31.1 Å². The summed E-state index contributed by atoms with van der Waals surface area (Å²) < 4.78 is 0. The summed E-state index contributed by atoms with van der Waals surface area (Å²) in [6.45, 7) is 6.13. The van der Waals surface area contributed by atoms with Crippen molar-refractivity contribution < 1.29 is 9.90 Å². The van der Waals surface area contributed by atoms with E-state index in [4.69, 9.17) is 0 Å². The fourth-order valence-electron chi connectivity index (χ4n) is 2.80. The van der Waals surface area contributed by atoms with Crippen molar-refractivity contribution in [1.82, 2.24) is 10.2 Å². The summed E-state index contributed by atoms with van der Waals surface area (Å²) in [5, 5.41) is 12.6. The third-order valence-corrected chi connectivity index (χ3v) is 5.45. The highest BCUT2D eigenvalue weighted by Gasteiger charge is 2.24. The minimum Gasteiger partial charge on any atom is -0.393 e. The maximum absolute atomic E-state index is 12.1. The van der Waals surface area contributed by atoms with E-state index >= 15 is 0 Å². The van der Waals surface area contributed by atoms with Gasteiger partial charge in [-0.15, -0.1) is 0 Å². The number of carbonyl (C=O) groups is 1. The highest BCUT2D eigenvalue weighted by Crippen LogP contribution is 2.20. The maximum atomic E-state index is 12.1. The minimum absolute atomic E-state index is 0.0324. The van der Waals surface area contributed by atoms with Crippen LogP contribution in [0, 0.1) is 12.8 Å². The van der Waals surface area contributed by atoms with E-state index in [0.29, 0.717) is 12.5 Å². The number of likely N-dealkylation sites (tertiary alicyclic amines) is 1. The number of rotatable bonds is 6. The predicted molar refractivity (Wildman–Crippen MR) is 96.7 cm³/mol. The summed E-state index contributed by atoms with van der Waals surface area (Å²) in [5.74, 6) is 2.24. The van der Waals surface area contributed by atoms with Crippen LogP contribution in [0.3, 0.4) is 0 Å². The number of benzene rings is 1. The molecule has 5 heteroatoms. The van der Waals surface area contributed by atoms with E-state index in [9.17, 15) is 9.90 Å². The fraction of sp³-hybridized carbons (Fsp3) is 0.611. The van der Waals surface area contributed by atoms with E-state index in [1.165, 1.54) is 11.1 Å². The van der Waals surface area contributed by atoms with Crippen LogP contribution in [-0.2, 0) is 5.75 Å². The SMILES string of the molecule is Cc1ccc(CSCCNC(=O)N2CCC(C(C)O)CC2)cc1. The first kappa shape index (κ1) is 18.1. The second kappa shape index (κ2) is 9.18. The van der Waals surface area contributed by atoms with Gasteiger partial charge in [0.25, 0.3) is 0 Å². The van der Waals surface area contributed by atoms with Gasteiger partial charge in [-0.05, 0) is 38.2 Å². The number of urea groups is 1. The lowest BCUT2D eigenvalue weighted by Gasteiger charge is -2.33. The molecule has 1 aliphatic heterocycles. The Kier molecular flexibility index (Phi) is 7.24. The molecule has 0 radical (unpaired) electrons. The average Bonchev–Trinajstić information content (AvgIpc) is 2.56. The highest BCUT2D eigenvalue weighted by molar-refractivity contribution is 7.98. The fourth-order valence-corrected chi connectivity index (χ4v) is 3.62. The Bertz CT molecular complexity index is 482. The van der Waals surface area contributed by atoms with E-state index in [-0.39, 0.29) is 12.1 Å². The molecule has 1 aliphatic rings. The summed E-state index contributed by atoms with van der Waals surface area (Å²) >= 11 is 1.84. The number of hydrogen-bond acceptors (Lipinski definition) is 3. The van der Waals surface area contributed by atoms with Crippen LogP contribution in [0.25, 0.3) is 0 Å². The van der Waals surface area contributed by atoms with E-state index < -0.39 is 0 Å². The molecule has 0 aromatic heterocycles. The summed E-state index contributed by atoms with van der Waals surface area (Å²) in [6, 6.07) is 8.62. The first-order valence-electron chi connectivity index (χ1n) is 8.40. The molecule has 0 saturated carbocycles. The lowest BCUT2D eigenvalue weighted by atomic mass is 9.92. The molecule has 1 aromatic carbocycles. The smallest absolute Gasteiger partial charge is 0.317 e. The van der Waals surface area contributed by atoms with Crippen LogP contribution in [0.2, 0.25) is 0 Å². The van der Waals surface area contributed by atoms with Crippen molar-refractivity contribution in [3.8, 4) is 0 Å². The Labute approximate surface area is 143 Å². The molecule has 1 aromatic rings. The molecule has 1 unspecified atom stereocenters. The standard InChI is InChI=1S/C18H28N2O2S/c1-14-3-5-16(6-4-14)13-23-12-9-19-18(22)20-10-7-17(8-11-20)15(2)21/h3-6,15,17,21H,7-13H2,1-2H3,(H,19,22). The van der Waals surface area contributed by atoms with Crippen molar-refractivity contribution in [3.05, 3.63) is 35.4 Å². The van der Waals surface area contributed by atoms with Gasteiger partial charge in [0.1, 0.15) is 0 Å². The molecule has 0 bridgehead atoms. The molecule has 0 aliphatic carbocycles. The molecule has 2 amide bonds. The third kappa shape index (κ3) is 6.07. The second-order valence-electron chi connectivity index (χ2n) is 6.34. The molecular formula is C18H28N2O2S. The molecule has 4 nitrogen and oxygen atoms in total. The Morgan fingerprint density at radius 2 is 2.00 bits per heavy atom. The van der Waals surface area contributed by atoms with Gasteiger partial charge in [-0.2, -0.15) is 11.8 Å². The molecular weight excluding hydrogens is 308 g/mol. The average molecular weight is 337 g/mol. The van der Waals surface area contributed by atoms with Crippen molar-refractivity contribution in [3.63, 3.8) is 0 Å². The molecule has 128 valence electrons. The first-order chi connectivity index (χ1) is 11.1. The number of nitrogens with zero attached hydrogens (tertiary/aromatic N) is 1. The third-order valence-electron chi connectivity index (χ3n) is 4.42. The Balaban J connectivity index is 1.57. The van der Waals surface area contributed by atoms with E-state index in [1.54, 1.807) is 0 Å². The molecule has 23 heavy (non-hydrogen) atoms. The van der Waals surface area contributed by atoms with Gasteiger partial charge >= 0.3 is 6.03 Å². The van der Waals surface area contributed by atoms with Gasteiger partial charge in [0.2, 0.25) is 0 Å². The number of thioether (sulfide) groups is 1. The van der Waals surface area contributed by atoms with E-state index in [0.717, 1.165) is 37.4 Å². The largest absolute Gasteiger partial charge is 0.393 e. The van der Waals surface area contributed by atoms with Crippen LogP contribution in [0.15, 0.2) is 24.3 Å². The van der Waals surface area contributed by atoms with Gasteiger partial charge in [0.05, 0.1) is 6.10 Å². The highest BCUT2D eigenvalue weighted by atomic mass is 32.2. The number of aryl methyl sites for hydroxylation is 1. The maximum Gasteiger partial charge on any atom is 0.317 e. The van der Waals surface area contributed by atoms with Gasteiger partial charge < -0.3 is 15.3 Å². The van der Waals surface area contributed by atoms with Gasteiger partial charge in [-0.1, -0.05) is 29.8 Å². The number of piperidine rings is 1. The summed E-state index contributed by atoms with van der Waals surface area (Å²) in [7, 11) is 0. The van der Waals surface area contributed by atoms with E-state index in [1.807, 2.05) is 23.6 Å². The number of amides is 2. The molecule has 1 heterocycles. The topological polar surface area (TPSA) is 52.6 Å². The number of aliphatic hydroxyl groups excluding tert-OH is 1. The zero-order chi connectivity index (χ0) is 16.7. The Morgan fingerprint density at radius 3 is 2.61 bits per heavy atom. The van der Waals surface area contributed by atoms with Gasteiger partial charge in [-0.3, -0.25) is 0 Å². The predicted octanol–water partition coefficient (Wildman–Crippen LogP) is 3.03. The van der Waals surface area contributed by atoms with Crippen molar-refractivity contribution in [2.24, 2.45) is 5.92 Å². The number of hydrogen-bond donors (Lipinski definition) is 2. The van der Waals surface area contributed by atoms with E-state index in [2.05, 4.69) is 36.5 Å². The second-order valence-corrected chi connectivity index (χ2v) is 7.44. The molecule has 1 saturated heterocycles. The number of nitrogens with one attached hydrogen (secondary N) is 1. The van der Waals surface area contributed by atoms with Crippen LogP contribution in [0.5, 0.6) is 0 Å².